The fourth-order valence-electron chi connectivity index (χ4n) is 0.471. The van der Waals surface area contributed by atoms with E-state index in [1.54, 1.807) is 0 Å². The Kier molecular flexibility index (Phi) is 28.3. The van der Waals surface area contributed by atoms with Crippen molar-refractivity contribution in [3.8, 4) is 0 Å². The summed E-state index contributed by atoms with van der Waals surface area (Å²) >= 11 is 0. The molecule has 0 saturated carbocycles. The fraction of sp³-hybridized carbons (Fsp3) is 0. The largest absolute Gasteiger partial charge is 3.00 e. The molecule has 0 aromatic heterocycles. The van der Waals surface area contributed by atoms with Crippen LogP contribution < -0.4 is 30.6 Å². The number of carbonyl (C=O) groups is 9. The molecule has 23 heteroatoms. The SMILES string of the molecule is O=C([O-])OC(=O)OC(=O)[O-].O=C([O-])OC(=O)OC(=O)[O-].O=C([O-])OC(=O)OC(=O)[O-].[Ho+3].[Ho+3]. The predicted molar refractivity (Wildman–Crippen MR) is 55.1 cm³/mol. The molecular weight excluding hydrogens is 774 g/mol. The molecule has 0 rings (SSSR count). The average molecular weight is 774 g/mol. The Morgan fingerprint density at radius 1 is 0.312 bits per heavy atom. The van der Waals surface area contributed by atoms with Gasteiger partial charge in [0.15, 0.2) is 0 Å². The molecule has 32 heavy (non-hydrogen) atoms. The van der Waals surface area contributed by atoms with Gasteiger partial charge in [0.05, 0.1) is 0 Å². The predicted octanol–water partition coefficient (Wildman–Crippen LogP) is -6.52. The van der Waals surface area contributed by atoms with E-state index in [4.69, 9.17) is 0 Å². The molecule has 0 fully saturated rings. The van der Waals surface area contributed by atoms with Gasteiger partial charge in [-0.15, -0.1) is 0 Å². The first-order valence-corrected chi connectivity index (χ1v) is 5.51. The van der Waals surface area contributed by atoms with Crippen molar-refractivity contribution in [2.45, 2.75) is 0 Å². The first-order valence-electron chi connectivity index (χ1n) is 5.51. The molecule has 0 amide bonds. The summed E-state index contributed by atoms with van der Waals surface area (Å²) in [7, 11) is 0. The Morgan fingerprint density at radius 3 is 0.469 bits per heavy atom. The zero-order chi connectivity index (χ0) is 24.4. The van der Waals surface area contributed by atoms with Crippen molar-refractivity contribution in [1.29, 1.82) is 0 Å². The Morgan fingerprint density at radius 2 is 0.406 bits per heavy atom. The number of hydrogen-bond acceptors (Lipinski definition) is 21. The third-order valence-electron chi connectivity index (χ3n) is 1.000. The molecule has 21 nitrogen and oxygen atoms in total. The average Bonchev–Trinajstić information content (AvgIpc) is 2.42. The number of hydrogen-bond donors (Lipinski definition) is 0. The van der Waals surface area contributed by atoms with E-state index in [0.29, 0.717) is 0 Å². The van der Waals surface area contributed by atoms with Crippen molar-refractivity contribution in [2.75, 3.05) is 0 Å². The molecule has 0 saturated heterocycles. The Labute approximate surface area is 231 Å². The minimum atomic E-state index is -2.20. The van der Waals surface area contributed by atoms with Crippen molar-refractivity contribution in [3.05, 3.63) is 0 Å². The fourth-order valence-corrected chi connectivity index (χ4v) is 0.471. The zero-order valence-corrected chi connectivity index (χ0v) is 17.5. The number of ether oxygens (including phenoxy) is 6. The van der Waals surface area contributed by atoms with E-state index < -0.39 is 55.4 Å². The van der Waals surface area contributed by atoms with Crippen LogP contribution in [-0.2, 0) is 28.4 Å². The molecule has 0 unspecified atom stereocenters. The molecule has 0 spiro atoms. The quantitative estimate of drug-likeness (QED) is 0.0955. The molecule has 0 aliphatic carbocycles. The van der Waals surface area contributed by atoms with Gasteiger partial charge in [-0.05, 0) is 0 Å². The number of carbonyl (C=O) groups excluding carboxylic acids is 9. The van der Waals surface area contributed by atoms with Crippen LogP contribution in [0.5, 0.6) is 0 Å². The molecule has 0 aliphatic rings. The van der Waals surface area contributed by atoms with Crippen LogP contribution in [0.4, 0.5) is 43.2 Å². The Hall–Kier alpha value is -2.85. The van der Waals surface area contributed by atoms with Crippen molar-refractivity contribution in [3.63, 3.8) is 0 Å². The second-order valence-electron chi connectivity index (χ2n) is 2.86. The van der Waals surface area contributed by atoms with Crippen LogP contribution in [0.25, 0.3) is 0 Å². The van der Waals surface area contributed by atoms with Gasteiger partial charge in [0.25, 0.3) is 36.9 Å². The maximum atomic E-state index is 9.78. The van der Waals surface area contributed by atoms with Crippen molar-refractivity contribution in [1.82, 2.24) is 0 Å². The van der Waals surface area contributed by atoms with Crippen LogP contribution in [0.2, 0.25) is 0 Å². The second-order valence-corrected chi connectivity index (χ2v) is 2.86. The summed E-state index contributed by atoms with van der Waals surface area (Å²) in [5.41, 5.74) is 0. The summed E-state index contributed by atoms with van der Waals surface area (Å²) in [5, 5.41) is 56.1. The first-order chi connectivity index (χ1) is 13.6. The Bertz CT molecular complexity index is 561. The van der Waals surface area contributed by atoms with E-state index in [-0.39, 0.29) is 75.5 Å². The van der Waals surface area contributed by atoms with E-state index in [0.717, 1.165) is 0 Å². The number of rotatable bonds is 0. The minimum absolute atomic E-state index is 0. The summed E-state index contributed by atoms with van der Waals surface area (Å²) in [5.74, 6) is 0. The molecule has 0 N–H and O–H groups in total. The summed E-state index contributed by atoms with van der Waals surface area (Å²) in [6.45, 7) is 0. The summed E-state index contributed by atoms with van der Waals surface area (Å²) in [6.07, 6.45) is -19.0. The number of carboxylic acid groups (broad SMARTS) is 6. The molecule has 0 atom stereocenters. The molecular formula is C9Ho2O21. The molecule has 184 valence electrons. The third-order valence-corrected chi connectivity index (χ3v) is 1.000. The van der Waals surface area contributed by atoms with Crippen LogP contribution in [0, 0.1) is 75.5 Å². The van der Waals surface area contributed by atoms with E-state index in [2.05, 4.69) is 28.4 Å². The van der Waals surface area contributed by atoms with Crippen LogP contribution in [0.1, 0.15) is 0 Å². The van der Waals surface area contributed by atoms with Crippen LogP contribution in [0.15, 0.2) is 0 Å². The Balaban J connectivity index is -0.000000110. The van der Waals surface area contributed by atoms with Crippen LogP contribution in [-0.4, -0.2) is 55.4 Å². The van der Waals surface area contributed by atoms with Gasteiger partial charge in [-0.25, -0.2) is 14.4 Å². The molecule has 0 aliphatic heterocycles. The smallest absolute Gasteiger partial charge is 0.467 e. The first kappa shape index (κ1) is 39.6. The second kappa shape index (κ2) is 22.8. The monoisotopic (exact) mass is 774 g/mol. The van der Waals surface area contributed by atoms with E-state index in [1.165, 1.54) is 0 Å². The van der Waals surface area contributed by atoms with Crippen molar-refractivity contribution < 1.29 is 178 Å². The minimum Gasteiger partial charge on any atom is -0.467 e. The molecule has 0 aromatic rings. The van der Waals surface area contributed by atoms with Crippen LogP contribution in [0.3, 0.4) is 0 Å². The van der Waals surface area contributed by atoms with E-state index in [1.807, 2.05) is 0 Å². The van der Waals surface area contributed by atoms with Gasteiger partial charge in [0.1, 0.15) is 0 Å². The molecule has 0 aromatic carbocycles. The molecule has 0 radical (unpaired) electrons. The van der Waals surface area contributed by atoms with Crippen molar-refractivity contribution >= 4 is 55.4 Å². The zero-order valence-electron chi connectivity index (χ0n) is 13.7. The van der Waals surface area contributed by atoms with Crippen LogP contribution >= 0.6 is 0 Å². The molecule has 0 heterocycles. The van der Waals surface area contributed by atoms with Gasteiger partial charge in [-0.1, -0.05) is 0 Å². The van der Waals surface area contributed by atoms with Gasteiger partial charge in [-0.2, -0.15) is 0 Å². The third kappa shape index (κ3) is 41.5. The molecule has 0 bridgehead atoms. The normalized spacial score (nSPS) is 7.50. The van der Waals surface area contributed by atoms with Gasteiger partial charge >= 0.3 is 93.9 Å². The maximum Gasteiger partial charge on any atom is 3.00 e. The van der Waals surface area contributed by atoms with Gasteiger partial charge in [0.2, 0.25) is 0 Å². The maximum absolute atomic E-state index is 9.78. The van der Waals surface area contributed by atoms with E-state index in [9.17, 15) is 73.8 Å². The summed E-state index contributed by atoms with van der Waals surface area (Å²) in [6, 6.07) is 0. The standard InChI is InChI=1S/3C3H2O7.2Ho/c3*4-1(5)9-3(8)10-2(6)7;;/h3*(H,4,5)(H,6,7);;/q;;;2*+3/p-6. The van der Waals surface area contributed by atoms with Gasteiger partial charge < -0.3 is 87.8 Å². The summed E-state index contributed by atoms with van der Waals surface area (Å²) < 4.78 is 18.5. The van der Waals surface area contributed by atoms with Gasteiger partial charge in [0, 0.05) is 0 Å². The van der Waals surface area contributed by atoms with E-state index >= 15 is 0 Å². The topological polar surface area (TPSA) is 347 Å². The van der Waals surface area contributed by atoms with Gasteiger partial charge in [-0.3, -0.25) is 0 Å². The van der Waals surface area contributed by atoms with Crippen molar-refractivity contribution in [2.24, 2.45) is 0 Å². The summed E-state index contributed by atoms with van der Waals surface area (Å²) in [4.78, 5) is 85.4.